The zero-order chi connectivity index (χ0) is 62.0. The predicted molar refractivity (Wildman–Crippen MR) is 344 cm³/mol. The van der Waals surface area contributed by atoms with E-state index in [0.717, 1.165) is 44.1 Å². The van der Waals surface area contributed by atoms with E-state index < -0.39 is 29.3 Å². The van der Waals surface area contributed by atoms with Crippen LogP contribution < -0.4 is 16.0 Å². The molecule has 0 bridgehead atoms. The van der Waals surface area contributed by atoms with E-state index in [1.165, 1.54) is 67.2 Å². The Bertz CT molecular complexity index is 2800. The first-order valence-electron chi connectivity index (χ1n) is 32.0. The topological polar surface area (TPSA) is 177 Å². The van der Waals surface area contributed by atoms with Crippen LogP contribution in [0.5, 0.6) is 0 Å². The molecule has 0 fully saturated rings. The molecule has 14 nitrogen and oxygen atoms in total. The number of alkyl carbamates (subject to hydrolysis) is 1. The third-order valence-corrected chi connectivity index (χ3v) is 15.8. The fourth-order valence-corrected chi connectivity index (χ4v) is 11.3. The van der Waals surface area contributed by atoms with Gasteiger partial charge in [-0.15, -0.1) is 0 Å². The Labute approximate surface area is 522 Å². The highest BCUT2D eigenvalue weighted by atomic mass is 35.5. The highest BCUT2D eigenvalue weighted by molar-refractivity contribution is 6.31. The van der Waals surface area contributed by atoms with E-state index in [1.54, 1.807) is 6.07 Å². The summed E-state index contributed by atoms with van der Waals surface area (Å²) in [6.07, 6.45) is 16.8. The van der Waals surface area contributed by atoms with Crippen molar-refractivity contribution in [3.63, 3.8) is 0 Å². The number of halogens is 1. The van der Waals surface area contributed by atoms with E-state index in [2.05, 4.69) is 40.2 Å². The third-order valence-electron chi connectivity index (χ3n) is 15.5. The zero-order valence-electron chi connectivity index (χ0n) is 52.2. The normalized spacial score (nSPS) is 13.0. The van der Waals surface area contributed by atoms with Crippen molar-refractivity contribution < 1.29 is 52.4 Å². The number of ether oxygens (including phenoxy) is 6. The van der Waals surface area contributed by atoms with Crippen LogP contribution in [0.1, 0.15) is 188 Å². The Hall–Kier alpha value is -6.58. The molecule has 472 valence electrons. The van der Waals surface area contributed by atoms with Crippen molar-refractivity contribution in [1.82, 2.24) is 16.0 Å². The summed E-state index contributed by atoms with van der Waals surface area (Å²) in [7, 11) is 0. The number of aryl methyl sites for hydroxylation is 1. The first kappa shape index (κ1) is 69.5. The van der Waals surface area contributed by atoms with Crippen molar-refractivity contribution in [1.29, 1.82) is 0 Å². The van der Waals surface area contributed by atoms with Gasteiger partial charge in [-0.2, -0.15) is 0 Å². The number of fused-ring (bicyclic) bond motifs is 3. The molecular formula is C72H96ClN3O11. The summed E-state index contributed by atoms with van der Waals surface area (Å²) in [6, 6.07) is 39.9. The Kier molecular flexibility index (Phi) is 30.9. The molecule has 87 heavy (non-hydrogen) atoms. The second kappa shape index (κ2) is 38.6. The van der Waals surface area contributed by atoms with Crippen molar-refractivity contribution >= 4 is 41.4 Å². The van der Waals surface area contributed by atoms with Crippen LogP contribution in [0.4, 0.5) is 4.79 Å². The van der Waals surface area contributed by atoms with Crippen molar-refractivity contribution in [2.45, 2.75) is 179 Å². The van der Waals surface area contributed by atoms with E-state index in [-0.39, 0.29) is 49.6 Å². The number of esters is 2. The van der Waals surface area contributed by atoms with Gasteiger partial charge in [-0.1, -0.05) is 216 Å². The van der Waals surface area contributed by atoms with Crippen LogP contribution in [0.25, 0.3) is 11.1 Å². The maximum absolute atomic E-state index is 14.8. The molecule has 0 aliphatic heterocycles. The standard InChI is InChI=1S/C72H96ClN3O11/c1-55-40-42-57(43-41-55)72(56-30-18-17-19-31-56,63-36-26-27-37-64(63)73)87-69(80)65(76-67(78)38-20-15-13-11-9-7-5-6-8-10-12-14-16-21-39-68(79)86-71(2,3)4)44-45-66(77)74-46-28-48-82-50-52-84-53-51-83-49-29-47-75-70(81)85-54-62-60-34-24-22-32-58(60)59-33-23-25-35-61(59)62/h17-19,22-27,30-37,40-43,62,65H,5-16,20-21,28-29,38-39,44-54H2,1-4H3,(H,74,77)(H,75,81)(H,76,78)/t65-,72?/m0/s1. The number of nitrogens with one attached hydrogen (secondary N) is 3. The number of carbonyl (C=O) groups is 5. The second-order valence-corrected chi connectivity index (χ2v) is 24.1. The number of amides is 3. The molecule has 6 rings (SSSR count). The van der Waals surface area contributed by atoms with Gasteiger partial charge in [-0.3, -0.25) is 14.4 Å². The molecule has 0 saturated carbocycles. The number of rotatable bonds is 42. The third kappa shape index (κ3) is 24.5. The summed E-state index contributed by atoms with van der Waals surface area (Å²) in [5.74, 6) is -1.31. The Morgan fingerprint density at radius 3 is 1.54 bits per heavy atom. The highest BCUT2D eigenvalue weighted by Crippen LogP contribution is 2.46. The van der Waals surface area contributed by atoms with Crippen molar-refractivity contribution in [2.75, 3.05) is 59.3 Å². The molecule has 2 atom stereocenters. The quantitative estimate of drug-likeness (QED) is 0.0147. The molecule has 0 saturated heterocycles. The lowest BCUT2D eigenvalue weighted by molar-refractivity contribution is -0.158. The maximum Gasteiger partial charge on any atom is 0.407 e. The number of hydrogen-bond acceptors (Lipinski definition) is 11. The van der Waals surface area contributed by atoms with Gasteiger partial charge in [-0.25, -0.2) is 9.59 Å². The summed E-state index contributed by atoms with van der Waals surface area (Å²) in [5, 5.41) is 9.13. The van der Waals surface area contributed by atoms with Gasteiger partial charge in [0.25, 0.3) is 0 Å². The molecule has 3 amide bonds. The minimum Gasteiger partial charge on any atom is -0.460 e. The fraction of sp³-hybridized carbons (Fsp3) is 0.514. The van der Waals surface area contributed by atoms with Crippen LogP contribution in [-0.4, -0.2) is 101 Å². The van der Waals surface area contributed by atoms with E-state index >= 15 is 0 Å². The summed E-state index contributed by atoms with van der Waals surface area (Å²) < 4.78 is 34.8. The summed E-state index contributed by atoms with van der Waals surface area (Å²) >= 11 is 6.98. The number of benzene rings is 5. The second-order valence-electron chi connectivity index (χ2n) is 23.7. The summed E-state index contributed by atoms with van der Waals surface area (Å²) in [6.45, 7) is 11.2. The van der Waals surface area contributed by atoms with Gasteiger partial charge in [0.05, 0.1) is 26.4 Å². The Balaban J connectivity index is 0.864. The largest absolute Gasteiger partial charge is 0.460 e. The Morgan fingerprint density at radius 1 is 0.494 bits per heavy atom. The van der Waals surface area contributed by atoms with Crippen LogP contribution in [0.15, 0.2) is 127 Å². The van der Waals surface area contributed by atoms with Crippen LogP contribution in [-0.2, 0) is 53.2 Å². The lowest BCUT2D eigenvalue weighted by atomic mass is 9.79. The first-order chi connectivity index (χ1) is 42.2. The van der Waals surface area contributed by atoms with Crippen molar-refractivity contribution in [2.24, 2.45) is 0 Å². The minimum atomic E-state index is -1.49. The molecule has 0 aromatic heterocycles. The molecule has 0 spiro atoms. The molecule has 1 aliphatic rings. The number of unbranched alkanes of at least 4 members (excludes halogenated alkanes) is 13. The molecule has 1 unspecified atom stereocenters. The van der Waals surface area contributed by atoms with Crippen molar-refractivity contribution in [3.05, 3.63) is 166 Å². The lowest BCUT2D eigenvalue weighted by Gasteiger charge is -2.37. The summed E-state index contributed by atoms with van der Waals surface area (Å²) in [4.78, 5) is 66.3. The van der Waals surface area contributed by atoms with Crippen LogP contribution in [0.3, 0.4) is 0 Å². The highest BCUT2D eigenvalue weighted by Gasteiger charge is 2.44. The zero-order valence-corrected chi connectivity index (χ0v) is 52.9. The van der Waals surface area contributed by atoms with E-state index in [0.29, 0.717) is 100 Å². The van der Waals surface area contributed by atoms with Crippen molar-refractivity contribution in [3.8, 4) is 11.1 Å². The van der Waals surface area contributed by atoms with E-state index in [4.69, 9.17) is 40.0 Å². The van der Waals surface area contributed by atoms with Gasteiger partial charge in [0.2, 0.25) is 11.8 Å². The lowest BCUT2D eigenvalue weighted by Crippen LogP contribution is -2.46. The summed E-state index contributed by atoms with van der Waals surface area (Å²) in [5.41, 5.74) is 5.75. The number of carbonyl (C=O) groups excluding carboxylic acids is 5. The predicted octanol–water partition coefficient (Wildman–Crippen LogP) is 14.8. The fourth-order valence-electron chi connectivity index (χ4n) is 11.0. The van der Waals surface area contributed by atoms with Gasteiger partial charge in [-0.05, 0) is 88.1 Å². The van der Waals surface area contributed by atoms with Gasteiger partial charge in [0, 0.05) is 73.2 Å². The van der Waals surface area contributed by atoms with Gasteiger partial charge < -0.3 is 44.4 Å². The van der Waals surface area contributed by atoms with E-state index in [1.807, 2.05) is 125 Å². The molecule has 3 N–H and O–H groups in total. The molecule has 0 heterocycles. The minimum absolute atomic E-state index is 0.0131. The number of hydrogen-bond donors (Lipinski definition) is 3. The molecular weight excluding hydrogens is 1120 g/mol. The average molecular weight is 1220 g/mol. The van der Waals surface area contributed by atoms with E-state index in [9.17, 15) is 24.0 Å². The van der Waals surface area contributed by atoms with Crippen LogP contribution >= 0.6 is 11.6 Å². The maximum atomic E-state index is 14.8. The monoisotopic (exact) mass is 1210 g/mol. The molecule has 5 aromatic rings. The molecule has 5 aromatic carbocycles. The smallest absolute Gasteiger partial charge is 0.407 e. The van der Waals surface area contributed by atoms with Crippen LogP contribution in [0.2, 0.25) is 5.02 Å². The molecule has 0 radical (unpaired) electrons. The van der Waals surface area contributed by atoms with Crippen LogP contribution in [0, 0.1) is 6.92 Å². The van der Waals surface area contributed by atoms with Gasteiger partial charge in [0.1, 0.15) is 18.2 Å². The first-order valence-corrected chi connectivity index (χ1v) is 32.3. The Morgan fingerprint density at radius 2 is 0.977 bits per heavy atom. The molecule has 15 heteroatoms. The molecule has 1 aliphatic carbocycles. The average Bonchev–Trinajstić information content (AvgIpc) is 2.91. The van der Waals surface area contributed by atoms with Gasteiger partial charge in [0.15, 0.2) is 5.60 Å². The van der Waals surface area contributed by atoms with Gasteiger partial charge >= 0.3 is 18.0 Å². The SMILES string of the molecule is Cc1ccc(C(OC(=O)[C@H](CCC(=O)NCCCOCCOCCOCCCNC(=O)OCC2c3ccccc3-c3ccccc32)NC(=O)CCCCCCCCCCCCCCCCC(=O)OC(C)(C)C)(c2ccccc2)c2ccccc2Cl)cc1.